The molecule has 2 N–H and O–H groups in total. The molecule has 0 saturated carbocycles. The van der Waals surface area contributed by atoms with Crippen LogP contribution in [0.15, 0.2) is 45.7 Å². The molecule has 6 heteroatoms. The number of hydrogen-bond donors (Lipinski definition) is 2. The molecule has 146 valence electrons. The number of likely N-dealkylation sites (tertiary alicyclic amines) is 1. The van der Waals surface area contributed by atoms with E-state index in [1.165, 1.54) is 5.56 Å². The summed E-state index contributed by atoms with van der Waals surface area (Å²) in [7, 11) is 0. The van der Waals surface area contributed by atoms with Crippen molar-refractivity contribution < 1.29 is 14.3 Å². The van der Waals surface area contributed by atoms with E-state index in [0.29, 0.717) is 24.3 Å². The van der Waals surface area contributed by atoms with Gasteiger partial charge in [0, 0.05) is 30.1 Å². The zero-order chi connectivity index (χ0) is 19.7. The molecule has 2 aromatic heterocycles. The Morgan fingerprint density at radius 2 is 2.14 bits per heavy atom. The summed E-state index contributed by atoms with van der Waals surface area (Å²) < 4.78 is 5.47. The Balaban J connectivity index is 1.54. The number of H-pyrrole nitrogens is 1. The summed E-state index contributed by atoms with van der Waals surface area (Å²) >= 11 is 0. The summed E-state index contributed by atoms with van der Waals surface area (Å²) in [5, 5.41) is 10.6. The predicted octanol–water partition coefficient (Wildman–Crippen LogP) is 2.81. The Morgan fingerprint density at radius 3 is 2.93 bits per heavy atom. The summed E-state index contributed by atoms with van der Waals surface area (Å²) in [6, 6.07) is 9.66. The monoisotopic (exact) mass is 380 g/mol. The summed E-state index contributed by atoms with van der Waals surface area (Å²) in [4.78, 5) is 30.2. The fourth-order valence-electron chi connectivity index (χ4n) is 4.09. The van der Waals surface area contributed by atoms with Gasteiger partial charge in [-0.3, -0.25) is 4.79 Å². The fraction of sp³-hybridized carbons (Fsp3) is 0.364. The van der Waals surface area contributed by atoms with Gasteiger partial charge in [-0.25, -0.2) is 4.79 Å². The Bertz CT molecular complexity index is 1070. The van der Waals surface area contributed by atoms with Crippen molar-refractivity contribution in [1.29, 1.82) is 0 Å². The molecule has 0 bridgehead atoms. The third kappa shape index (κ3) is 3.36. The first-order valence-electron chi connectivity index (χ1n) is 9.69. The van der Waals surface area contributed by atoms with Crippen molar-refractivity contribution in [3.8, 4) is 0 Å². The molecule has 0 radical (unpaired) electrons. The van der Waals surface area contributed by atoms with Gasteiger partial charge in [0.25, 0.3) is 5.91 Å². The molecule has 1 atom stereocenters. The zero-order valence-electron chi connectivity index (χ0n) is 15.9. The van der Waals surface area contributed by atoms with Gasteiger partial charge in [-0.05, 0) is 49.4 Å². The van der Waals surface area contributed by atoms with Crippen molar-refractivity contribution in [3.05, 3.63) is 69.4 Å². The second kappa shape index (κ2) is 7.64. The number of carbonyl (C=O) groups is 1. The molecule has 1 aliphatic heterocycles. The molecule has 0 spiro atoms. The molecule has 1 amide bonds. The number of carbonyl (C=O) groups excluding carboxylic acids is 1. The highest BCUT2D eigenvalue weighted by Gasteiger charge is 2.31. The fourth-order valence-corrected chi connectivity index (χ4v) is 4.09. The molecule has 3 aromatic rings. The number of aromatic nitrogens is 1. The molecular weight excluding hydrogens is 356 g/mol. The molecule has 0 aliphatic carbocycles. The van der Waals surface area contributed by atoms with Gasteiger partial charge in [-0.2, -0.15) is 0 Å². The minimum atomic E-state index is -0.595. The number of aliphatic hydroxyl groups is 1. The van der Waals surface area contributed by atoms with Crippen molar-refractivity contribution in [2.24, 2.45) is 0 Å². The maximum atomic E-state index is 12.8. The van der Waals surface area contributed by atoms with Gasteiger partial charge in [-0.15, -0.1) is 0 Å². The quantitative estimate of drug-likeness (QED) is 0.713. The molecule has 1 aliphatic rings. The van der Waals surface area contributed by atoms with Crippen LogP contribution in [0.3, 0.4) is 0 Å². The van der Waals surface area contributed by atoms with Gasteiger partial charge in [0.1, 0.15) is 11.3 Å². The number of rotatable bonds is 5. The van der Waals surface area contributed by atoms with E-state index in [2.05, 4.69) is 11.1 Å². The number of aliphatic hydroxyl groups excluding tert-OH is 1. The minimum Gasteiger partial charge on any atom is -0.427 e. The first-order chi connectivity index (χ1) is 13.6. The lowest BCUT2D eigenvalue weighted by atomic mass is 10.0. The van der Waals surface area contributed by atoms with Crippen LogP contribution < -0.4 is 5.63 Å². The Labute approximate surface area is 162 Å². The third-order valence-electron chi connectivity index (χ3n) is 5.58. The summed E-state index contributed by atoms with van der Waals surface area (Å²) in [6.45, 7) is 2.24. The van der Waals surface area contributed by atoms with Gasteiger partial charge in [0.15, 0.2) is 0 Å². The Hall–Kier alpha value is -2.86. The molecule has 1 aromatic carbocycles. The molecule has 6 nitrogen and oxygen atoms in total. The van der Waals surface area contributed by atoms with Crippen LogP contribution in [0, 0.1) is 6.92 Å². The van der Waals surface area contributed by atoms with Crippen LogP contribution in [0.5, 0.6) is 0 Å². The highest BCUT2D eigenvalue weighted by atomic mass is 16.4. The number of fused-ring (bicyclic) bond motifs is 1. The topological polar surface area (TPSA) is 86.5 Å². The van der Waals surface area contributed by atoms with Crippen molar-refractivity contribution >= 4 is 16.8 Å². The van der Waals surface area contributed by atoms with Crippen molar-refractivity contribution in [3.63, 3.8) is 0 Å². The largest absolute Gasteiger partial charge is 0.427 e. The molecule has 3 heterocycles. The summed E-state index contributed by atoms with van der Waals surface area (Å²) in [6.07, 6.45) is 4.89. The average Bonchev–Trinajstić information content (AvgIpc) is 3.32. The number of aryl methyl sites for hydroxylation is 3. The highest BCUT2D eigenvalue weighted by molar-refractivity contribution is 5.95. The third-order valence-corrected chi connectivity index (χ3v) is 5.58. The molecule has 4 rings (SSSR count). The van der Waals surface area contributed by atoms with Crippen LogP contribution >= 0.6 is 0 Å². The van der Waals surface area contributed by atoms with Gasteiger partial charge in [-0.1, -0.05) is 18.2 Å². The van der Waals surface area contributed by atoms with Crippen LogP contribution in [-0.2, 0) is 12.8 Å². The standard InChI is InChI=1S/C22H24N2O4/c1-14-11-17(9-8-15-12-23-19-7-3-2-6-18(15)19)28-22(27)20(14)21(26)24-10-4-5-16(24)13-25/h2-3,6-7,11-12,16,23,25H,4-5,8-10,13H2,1H3/t16-/m1/s1. The van der Waals surface area contributed by atoms with Gasteiger partial charge >= 0.3 is 5.63 Å². The van der Waals surface area contributed by atoms with E-state index >= 15 is 0 Å². The summed E-state index contributed by atoms with van der Waals surface area (Å²) in [5.74, 6) is 0.232. The number of nitrogens with zero attached hydrogens (tertiary/aromatic N) is 1. The van der Waals surface area contributed by atoms with Crippen LogP contribution in [0.4, 0.5) is 0 Å². The van der Waals surface area contributed by atoms with Gasteiger partial charge in [0.2, 0.25) is 0 Å². The predicted molar refractivity (Wildman–Crippen MR) is 107 cm³/mol. The molecule has 0 unspecified atom stereocenters. The zero-order valence-corrected chi connectivity index (χ0v) is 15.9. The summed E-state index contributed by atoms with van der Waals surface area (Å²) in [5.41, 5.74) is 2.36. The first-order valence-corrected chi connectivity index (χ1v) is 9.69. The molecule has 1 fully saturated rings. The Morgan fingerprint density at radius 1 is 1.32 bits per heavy atom. The number of amides is 1. The SMILES string of the molecule is Cc1cc(CCc2c[nH]c3ccccc23)oc(=O)c1C(=O)N1CCC[C@@H]1CO. The Kier molecular flexibility index (Phi) is 5.05. The second-order valence-corrected chi connectivity index (χ2v) is 7.39. The average molecular weight is 380 g/mol. The number of nitrogens with one attached hydrogen (secondary N) is 1. The van der Waals surface area contributed by atoms with Crippen LogP contribution in [0.1, 0.15) is 40.1 Å². The first kappa shape index (κ1) is 18.5. The van der Waals surface area contributed by atoms with Gasteiger partial charge < -0.3 is 19.4 Å². The lowest BCUT2D eigenvalue weighted by Gasteiger charge is -2.23. The highest BCUT2D eigenvalue weighted by Crippen LogP contribution is 2.22. The smallest absolute Gasteiger partial charge is 0.349 e. The van der Waals surface area contributed by atoms with Crippen molar-refractivity contribution in [2.45, 2.75) is 38.6 Å². The second-order valence-electron chi connectivity index (χ2n) is 7.39. The van der Waals surface area contributed by atoms with E-state index in [1.54, 1.807) is 17.9 Å². The number of para-hydroxylation sites is 1. The lowest BCUT2D eigenvalue weighted by molar-refractivity contribution is 0.0672. The van der Waals surface area contributed by atoms with Crippen molar-refractivity contribution in [1.82, 2.24) is 9.88 Å². The normalized spacial score (nSPS) is 16.8. The van der Waals surface area contributed by atoms with Gasteiger partial charge in [0.05, 0.1) is 12.6 Å². The number of aromatic amines is 1. The maximum Gasteiger partial charge on any atom is 0.349 e. The van der Waals surface area contributed by atoms with Crippen molar-refractivity contribution in [2.75, 3.05) is 13.2 Å². The van der Waals surface area contributed by atoms with E-state index in [0.717, 1.165) is 30.2 Å². The number of hydrogen-bond acceptors (Lipinski definition) is 4. The van der Waals surface area contributed by atoms with Crippen LogP contribution in [-0.4, -0.2) is 40.1 Å². The van der Waals surface area contributed by atoms with E-state index in [9.17, 15) is 14.7 Å². The molecule has 1 saturated heterocycles. The van der Waals surface area contributed by atoms with E-state index in [4.69, 9.17) is 4.42 Å². The lowest BCUT2D eigenvalue weighted by Crippen LogP contribution is -2.40. The number of benzene rings is 1. The van der Waals surface area contributed by atoms with Crippen LogP contribution in [0.25, 0.3) is 10.9 Å². The van der Waals surface area contributed by atoms with E-state index < -0.39 is 5.63 Å². The molecular formula is C22H24N2O4. The minimum absolute atomic E-state index is 0.0798. The van der Waals surface area contributed by atoms with E-state index in [1.807, 2.05) is 24.4 Å². The maximum absolute atomic E-state index is 12.8. The van der Waals surface area contributed by atoms with Crippen LogP contribution in [0.2, 0.25) is 0 Å². The molecule has 28 heavy (non-hydrogen) atoms. The van der Waals surface area contributed by atoms with E-state index in [-0.39, 0.29) is 24.1 Å².